The Morgan fingerprint density at radius 3 is 2.55 bits per heavy atom. The van der Waals surface area contributed by atoms with Gasteiger partial charge in [0.1, 0.15) is 0 Å². The van der Waals surface area contributed by atoms with Crippen molar-refractivity contribution in [2.24, 2.45) is 0 Å². The number of carbonyl (C=O) groups excluding carboxylic acids is 1. The largest absolute Gasteiger partial charge is 0.465 e. The summed E-state index contributed by atoms with van der Waals surface area (Å²) in [6.07, 6.45) is 6.45. The van der Waals surface area contributed by atoms with E-state index in [4.69, 9.17) is 4.74 Å². The predicted molar refractivity (Wildman–Crippen MR) is 76.0 cm³/mol. The van der Waals surface area contributed by atoms with E-state index in [0.29, 0.717) is 0 Å². The van der Waals surface area contributed by atoms with Gasteiger partial charge in [-0.2, -0.15) is 0 Å². The molecule has 1 aliphatic rings. The third-order valence-corrected chi connectivity index (χ3v) is 5.30. The fraction of sp³-hybridized carbons (Fsp3) is 0.400. The minimum Gasteiger partial charge on any atom is -0.465 e. The number of esters is 1. The van der Waals surface area contributed by atoms with Crippen molar-refractivity contribution in [1.29, 1.82) is 0 Å². The fourth-order valence-corrected chi connectivity index (χ4v) is 3.64. The van der Waals surface area contributed by atoms with Crippen LogP contribution in [0, 0.1) is 0 Å². The third kappa shape index (κ3) is 3.48. The summed E-state index contributed by atoms with van der Waals surface area (Å²) >= 11 is 0. The molecule has 1 unspecified atom stereocenters. The maximum Gasteiger partial charge on any atom is 0.325 e. The zero-order valence-electron chi connectivity index (χ0n) is 11.2. The highest BCUT2D eigenvalue weighted by molar-refractivity contribution is 7.92. The first-order valence-electron chi connectivity index (χ1n) is 6.73. The van der Waals surface area contributed by atoms with Gasteiger partial charge in [-0.15, -0.1) is 0 Å². The molecule has 0 saturated heterocycles. The molecule has 0 saturated carbocycles. The summed E-state index contributed by atoms with van der Waals surface area (Å²) in [5.74, 6) is -0.652. The number of allylic oxidation sites excluding steroid dienone is 2. The van der Waals surface area contributed by atoms with E-state index < -0.39 is 21.1 Å². The van der Waals surface area contributed by atoms with Crippen molar-refractivity contribution in [3.8, 4) is 0 Å². The number of cyclic esters (lactones) is 1. The van der Waals surface area contributed by atoms with Crippen molar-refractivity contribution in [3.63, 3.8) is 0 Å². The van der Waals surface area contributed by atoms with Crippen LogP contribution in [-0.2, 0) is 19.4 Å². The zero-order valence-corrected chi connectivity index (χ0v) is 12.0. The molecule has 108 valence electrons. The van der Waals surface area contributed by atoms with Crippen LogP contribution in [0.3, 0.4) is 0 Å². The van der Waals surface area contributed by atoms with Crippen LogP contribution in [0.2, 0.25) is 0 Å². The molecular formula is C15H18O4S. The van der Waals surface area contributed by atoms with Gasteiger partial charge in [-0.1, -0.05) is 30.4 Å². The molecular weight excluding hydrogens is 276 g/mol. The summed E-state index contributed by atoms with van der Waals surface area (Å²) < 4.78 is 30.1. The Morgan fingerprint density at radius 2 is 1.80 bits per heavy atom. The Labute approximate surface area is 119 Å². The first-order valence-corrected chi connectivity index (χ1v) is 8.27. The standard InChI is InChI=1S/C15H18O4S/c16-15-14(11-7-2-1-3-8-12-19-15)20(17,18)13-9-5-4-6-10-13/h2,4-7,9-10,14H,1,3,8,11-12H2/b7-2+. The summed E-state index contributed by atoms with van der Waals surface area (Å²) in [6.45, 7) is 0.285. The van der Waals surface area contributed by atoms with Crippen molar-refractivity contribution in [1.82, 2.24) is 0 Å². The van der Waals surface area contributed by atoms with E-state index >= 15 is 0 Å². The number of hydrogen-bond acceptors (Lipinski definition) is 4. The topological polar surface area (TPSA) is 60.4 Å². The number of benzene rings is 1. The minimum absolute atomic E-state index is 0.160. The molecule has 1 heterocycles. The maximum absolute atomic E-state index is 12.5. The normalized spacial score (nSPS) is 22.8. The highest BCUT2D eigenvalue weighted by Gasteiger charge is 2.34. The predicted octanol–water partition coefficient (Wildman–Crippen LogP) is 2.50. The minimum atomic E-state index is -3.70. The van der Waals surface area contributed by atoms with Gasteiger partial charge in [0, 0.05) is 0 Å². The number of hydrogen-bond donors (Lipinski definition) is 0. The Balaban J connectivity index is 2.30. The van der Waals surface area contributed by atoms with E-state index in [1.807, 2.05) is 6.08 Å². The molecule has 0 bridgehead atoms. The molecule has 0 amide bonds. The van der Waals surface area contributed by atoms with Gasteiger partial charge >= 0.3 is 5.97 Å². The lowest BCUT2D eigenvalue weighted by molar-refractivity contribution is -0.143. The monoisotopic (exact) mass is 294 g/mol. The molecule has 0 aromatic heterocycles. The smallest absolute Gasteiger partial charge is 0.325 e. The Kier molecular flexibility index (Phi) is 4.95. The summed E-state index contributed by atoms with van der Waals surface area (Å²) in [7, 11) is -3.70. The van der Waals surface area contributed by atoms with Gasteiger partial charge in [-0.3, -0.25) is 4.79 Å². The van der Waals surface area contributed by atoms with Crippen molar-refractivity contribution in [2.75, 3.05) is 6.61 Å². The summed E-state index contributed by atoms with van der Waals surface area (Å²) in [4.78, 5) is 12.2. The Morgan fingerprint density at radius 1 is 1.05 bits per heavy atom. The van der Waals surface area contributed by atoms with Crippen LogP contribution in [0.4, 0.5) is 0 Å². The second-order valence-corrected chi connectivity index (χ2v) is 6.85. The summed E-state index contributed by atoms with van der Waals surface area (Å²) in [5.41, 5.74) is 0. The van der Waals surface area contributed by atoms with Gasteiger partial charge < -0.3 is 4.74 Å². The summed E-state index contributed by atoms with van der Waals surface area (Å²) in [6, 6.07) is 8.05. The van der Waals surface area contributed by atoms with E-state index in [9.17, 15) is 13.2 Å². The maximum atomic E-state index is 12.5. The lowest BCUT2D eigenvalue weighted by atomic mass is 10.2. The Hall–Kier alpha value is -1.62. The van der Waals surface area contributed by atoms with Crippen molar-refractivity contribution in [2.45, 2.75) is 35.8 Å². The quantitative estimate of drug-likeness (QED) is 0.621. The molecule has 1 aromatic rings. The third-order valence-electron chi connectivity index (χ3n) is 3.24. The molecule has 1 atom stereocenters. The van der Waals surface area contributed by atoms with Gasteiger partial charge in [-0.05, 0) is 37.8 Å². The second-order valence-electron chi connectivity index (χ2n) is 4.72. The molecule has 1 aromatic carbocycles. The highest BCUT2D eigenvalue weighted by Crippen LogP contribution is 2.21. The highest BCUT2D eigenvalue weighted by atomic mass is 32.2. The molecule has 0 aliphatic carbocycles. The molecule has 0 N–H and O–H groups in total. The van der Waals surface area contributed by atoms with Crippen molar-refractivity contribution < 1.29 is 17.9 Å². The number of ether oxygens (including phenoxy) is 1. The average molecular weight is 294 g/mol. The van der Waals surface area contributed by atoms with Crippen LogP contribution in [-0.4, -0.2) is 26.2 Å². The number of carbonyl (C=O) groups is 1. The van der Waals surface area contributed by atoms with E-state index in [-0.39, 0.29) is 17.9 Å². The fourth-order valence-electron chi connectivity index (χ4n) is 2.09. The zero-order chi connectivity index (χ0) is 14.4. The molecule has 20 heavy (non-hydrogen) atoms. The van der Waals surface area contributed by atoms with Gasteiger partial charge in [0.2, 0.25) is 0 Å². The molecule has 1 aliphatic heterocycles. The first kappa shape index (κ1) is 14.8. The molecule has 2 rings (SSSR count). The van der Waals surface area contributed by atoms with Gasteiger partial charge in [0.05, 0.1) is 11.5 Å². The van der Waals surface area contributed by atoms with Crippen LogP contribution in [0.1, 0.15) is 25.7 Å². The molecule has 0 radical (unpaired) electrons. The average Bonchev–Trinajstić information content (AvgIpc) is 2.46. The van der Waals surface area contributed by atoms with Crippen molar-refractivity contribution >= 4 is 15.8 Å². The molecule has 0 spiro atoms. The van der Waals surface area contributed by atoms with Gasteiger partial charge in [0.25, 0.3) is 0 Å². The first-order chi connectivity index (χ1) is 9.62. The second kappa shape index (κ2) is 6.70. The van der Waals surface area contributed by atoms with Gasteiger partial charge in [0.15, 0.2) is 15.1 Å². The SMILES string of the molecule is O=C1OCCCC/C=C/CC1S(=O)(=O)c1ccccc1. The van der Waals surface area contributed by atoms with Gasteiger partial charge in [-0.25, -0.2) is 8.42 Å². The Bertz CT molecular complexity index is 575. The van der Waals surface area contributed by atoms with Crippen LogP contribution in [0.25, 0.3) is 0 Å². The lowest BCUT2D eigenvalue weighted by Gasteiger charge is -2.16. The molecule has 5 heteroatoms. The van der Waals surface area contributed by atoms with Crippen LogP contribution < -0.4 is 0 Å². The van der Waals surface area contributed by atoms with E-state index in [2.05, 4.69) is 0 Å². The van der Waals surface area contributed by atoms with Crippen molar-refractivity contribution in [3.05, 3.63) is 42.5 Å². The van der Waals surface area contributed by atoms with E-state index in [1.54, 1.807) is 24.3 Å². The van der Waals surface area contributed by atoms with E-state index in [0.717, 1.165) is 19.3 Å². The van der Waals surface area contributed by atoms with Crippen LogP contribution in [0.5, 0.6) is 0 Å². The van der Waals surface area contributed by atoms with Crippen LogP contribution >= 0.6 is 0 Å². The molecule has 0 fully saturated rings. The summed E-state index contributed by atoms with van der Waals surface area (Å²) in [5, 5.41) is -1.15. The number of sulfone groups is 1. The van der Waals surface area contributed by atoms with E-state index in [1.165, 1.54) is 12.1 Å². The van der Waals surface area contributed by atoms with Crippen LogP contribution in [0.15, 0.2) is 47.4 Å². The lowest BCUT2D eigenvalue weighted by Crippen LogP contribution is -2.32. The number of rotatable bonds is 2. The molecule has 4 nitrogen and oxygen atoms in total.